The second kappa shape index (κ2) is 10.2. The van der Waals surface area contributed by atoms with E-state index in [0.29, 0.717) is 18.6 Å². The highest BCUT2D eigenvalue weighted by Crippen LogP contribution is 2.61. The minimum absolute atomic E-state index is 0.0484. The Labute approximate surface area is 177 Å². The molecule has 14 nitrogen and oxygen atoms in total. The van der Waals surface area contributed by atoms with E-state index in [2.05, 4.69) is 18.1 Å². The molecule has 31 heavy (non-hydrogen) atoms. The Morgan fingerprint density at radius 3 is 2.55 bits per heavy atom. The third-order valence-corrected chi connectivity index (χ3v) is 7.86. The minimum Gasteiger partial charge on any atom is -0.778 e. The SMILES string of the molecule is CC/C=C/c1cn([C@H]2CC[C@@H](COP(=O)([O-])OP(=O)([O-])OP(C)(=O)[O-])O2)c(=O)nc1N. The molecule has 0 radical (unpaired) electrons. The van der Waals surface area contributed by atoms with E-state index < -0.39 is 47.9 Å². The van der Waals surface area contributed by atoms with Gasteiger partial charge in [0.05, 0.1) is 12.7 Å². The van der Waals surface area contributed by atoms with Gasteiger partial charge >= 0.3 is 5.69 Å². The number of nitrogens with two attached hydrogens (primary N) is 1. The van der Waals surface area contributed by atoms with Gasteiger partial charge in [0.15, 0.2) is 0 Å². The summed E-state index contributed by atoms with van der Waals surface area (Å²) in [6, 6.07) is 0. The van der Waals surface area contributed by atoms with Gasteiger partial charge in [0, 0.05) is 18.4 Å². The zero-order valence-electron chi connectivity index (χ0n) is 16.5. The van der Waals surface area contributed by atoms with Gasteiger partial charge in [-0.3, -0.25) is 18.0 Å². The van der Waals surface area contributed by atoms with Gasteiger partial charge in [0.1, 0.15) is 19.6 Å². The molecule has 0 spiro atoms. The van der Waals surface area contributed by atoms with Crippen molar-refractivity contribution in [2.75, 3.05) is 19.0 Å². The standard InChI is InChI=1S/C14H24N3O11P3/c1-3-4-5-10-8-17(14(18)16-13(10)15)12-7-6-11(26-12)9-25-30(21,22)28-31(23,24)27-29(2,19)20/h4-5,8,11-12H,3,6-7,9H2,1-2H3,(H,19,20)(H,21,22)(H,23,24)(H2,15,16,18)/p-3/b5-4+/t11-,12+/m0/s1. The highest BCUT2D eigenvalue weighted by Gasteiger charge is 2.30. The number of ether oxygens (including phenoxy) is 1. The van der Waals surface area contributed by atoms with Gasteiger partial charge in [-0.05, 0) is 19.3 Å². The number of hydrogen-bond donors (Lipinski definition) is 1. The summed E-state index contributed by atoms with van der Waals surface area (Å²) in [4.78, 5) is 49.7. The Hall–Kier alpha value is -1.17. The van der Waals surface area contributed by atoms with Crippen LogP contribution in [0.15, 0.2) is 17.1 Å². The normalized spacial score (nSPS) is 25.2. The average molecular weight is 500 g/mol. The van der Waals surface area contributed by atoms with Crippen LogP contribution in [-0.2, 0) is 31.6 Å². The van der Waals surface area contributed by atoms with Gasteiger partial charge in [0.25, 0.3) is 15.6 Å². The predicted octanol–water partition coefficient (Wildman–Crippen LogP) is 0.0961. The van der Waals surface area contributed by atoms with E-state index in [1.165, 1.54) is 10.8 Å². The molecule has 3 unspecified atom stereocenters. The molecule has 0 bridgehead atoms. The largest absolute Gasteiger partial charge is 0.778 e. The molecule has 5 atom stereocenters. The summed E-state index contributed by atoms with van der Waals surface area (Å²) in [7, 11) is -16.0. The molecule has 2 heterocycles. The van der Waals surface area contributed by atoms with Gasteiger partial charge < -0.3 is 34.2 Å². The Kier molecular flexibility index (Phi) is 8.57. The lowest BCUT2D eigenvalue weighted by Crippen LogP contribution is -2.29. The Morgan fingerprint density at radius 1 is 1.26 bits per heavy atom. The van der Waals surface area contributed by atoms with Crippen molar-refractivity contribution in [3.63, 3.8) is 0 Å². The van der Waals surface area contributed by atoms with Crippen LogP contribution in [0.2, 0.25) is 0 Å². The van der Waals surface area contributed by atoms with Crippen LogP contribution in [0.25, 0.3) is 6.08 Å². The Bertz CT molecular complexity index is 1020. The monoisotopic (exact) mass is 500 g/mol. The van der Waals surface area contributed by atoms with Gasteiger partial charge in [-0.2, -0.15) is 4.98 Å². The maximum atomic E-state index is 12.1. The number of allylic oxidation sites excluding steroid dienone is 1. The van der Waals surface area contributed by atoms with Gasteiger partial charge in [-0.1, -0.05) is 19.1 Å². The number of nitrogens with zero attached hydrogens (tertiary/aromatic N) is 2. The molecule has 0 aliphatic carbocycles. The van der Waals surface area contributed by atoms with E-state index in [1.54, 1.807) is 6.08 Å². The van der Waals surface area contributed by atoms with Crippen molar-refractivity contribution in [2.24, 2.45) is 0 Å². The van der Waals surface area contributed by atoms with Crippen LogP contribution >= 0.6 is 23.2 Å². The van der Waals surface area contributed by atoms with Crippen LogP contribution in [0.3, 0.4) is 0 Å². The molecule has 0 amide bonds. The number of hydrogen-bond acceptors (Lipinski definition) is 13. The molecule has 2 rings (SSSR count). The fraction of sp³-hybridized carbons (Fsp3) is 0.571. The van der Waals surface area contributed by atoms with E-state index in [0.717, 1.165) is 6.42 Å². The van der Waals surface area contributed by atoms with Crippen molar-refractivity contribution in [3.05, 3.63) is 28.3 Å². The van der Waals surface area contributed by atoms with E-state index in [1.807, 2.05) is 13.0 Å². The smallest absolute Gasteiger partial charge is 0.351 e. The van der Waals surface area contributed by atoms with Crippen LogP contribution in [0.1, 0.15) is 38.0 Å². The third kappa shape index (κ3) is 8.36. The molecule has 17 heteroatoms. The lowest BCUT2D eigenvalue weighted by atomic mass is 10.2. The van der Waals surface area contributed by atoms with Crippen LogP contribution in [0.4, 0.5) is 5.82 Å². The number of aromatic nitrogens is 2. The number of rotatable bonds is 10. The Morgan fingerprint density at radius 2 is 1.94 bits per heavy atom. The van der Waals surface area contributed by atoms with Crippen LogP contribution in [-0.4, -0.2) is 28.9 Å². The van der Waals surface area contributed by atoms with Crippen molar-refractivity contribution in [1.29, 1.82) is 0 Å². The van der Waals surface area contributed by atoms with Crippen molar-refractivity contribution in [3.8, 4) is 0 Å². The molecule has 1 aromatic heterocycles. The van der Waals surface area contributed by atoms with E-state index in [9.17, 15) is 33.2 Å². The second-order valence-electron chi connectivity index (χ2n) is 6.50. The Balaban J connectivity index is 2.00. The highest BCUT2D eigenvalue weighted by molar-refractivity contribution is 7.66. The molecule has 0 saturated carbocycles. The minimum atomic E-state index is -5.72. The quantitative estimate of drug-likeness (QED) is 0.422. The average Bonchev–Trinajstić information content (AvgIpc) is 3.05. The molecule has 1 aliphatic heterocycles. The molecule has 176 valence electrons. The van der Waals surface area contributed by atoms with E-state index >= 15 is 0 Å². The van der Waals surface area contributed by atoms with Crippen LogP contribution < -0.4 is 26.1 Å². The molecule has 1 saturated heterocycles. The van der Waals surface area contributed by atoms with Gasteiger partial charge in [0.2, 0.25) is 0 Å². The summed E-state index contributed by atoms with van der Waals surface area (Å²) in [5, 5.41) is 0. The molecule has 2 N–H and O–H groups in total. The van der Waals surface area contributed by atoms with E-state index in [-0.39, 0.29) is 12.2 Å². The molecular weight excluding hydrogens is 479 g/mol. The summed E-state index contributed by atoms with van der Waals surface area (Å²) in [5.74, 6) is 0.0484. The van der Waals surface area contributed by atoms with E-state index in [4.69, 9.17) is 10.5 Å². The molecule has 1 fully saturated rings. The van der Waals surface area contributed by atoms with Gasteiger partial charge in [-0.15, -0.1) is 0 Å². The predicted molar refractivity (Wildman–Crippen MR) is 102 cm³/mol. The fourth-order valence-corrected chi connectivity index (χ4v) is 5.97. The fourth-order valence-electron chi connectivity index (χ4n) is 2.61. The highest BCUT2D eigenvalue weighted by atomic mass is 31.3. The maximum absolute atomic E-state index is 12.1. The third-order valence-electron chi connectivity index (χ3n) is 3.81. The molecule has 1 aliphatic rings. The van der Waals surface area contributed by atoms with Gasteiger partial charge in [-0.25, -0.2) is 9.11 Å². The zero-order chi connectivity index (χ0) is 23.4. The van der Waals surface area contributed by atoms with Crippen molar-refractivity contribution in [2.45, 2.75) is 38.5 Å². The van der Waals surface area contributed by atoms with Crippen molar-refractivity contribution < 1.29 is 46.3 Å². The first kappa shape index (κ1) is 26.1. The summed E-state index contributed by atoms with van der Waals surface area (Å²) >= 11 is 0. The lowest BCUT2D eigenvalue weighted by Gasteiger charge is -2.33. The number of nitrogen functional groups attached to an aromatic ring is 1. The number of anilines is 1. The second-order valence-corrected chi connectivity index (χ2v) is 11.4. The summed E-state index contributed by atoms with van der Waals surface area (Å²) in [5.41, 5.74) is 5.56. The molecule has 0 aromatic carbocycles. The van der Waals surface area contributed by atoms with Crippen LogP contribution in [0, 0.1) is 0 Å². The summed E-state index contributed by atoms with van der Waals surface area (Å²) in [6.07, 6.45) is 4.66. The van der Waals surface area contributed by atoms with Crippen molar-refractivity contribution >= 4 is 35.1 Å². The lowest BCUT2D eigenvalue weighted by molar-refractivity contribution is -0.245. The number of phosphoric ester groups is 1. The first-order chi connectivity index (χ1) is 14.2. The first-order valence-electron chi connectivity index (χ1n) is 8.90. The summed E-state index contributed by atoms with van der Waals surface area (Å²) in [6.45, 7) is 1.69. The zero-order valence-corrected chi connectivity index (χ0v) is 19.2. The topological polar surface area (TPSA) is 218 Å². The maximum Gasteiger partial charge on any atom is 0.351 e. The van der Waals surface area contributed by atoms with Crippen LogP contribution in [0.5, 0.6) is 0 Å². The first-order valence-corrected chi connectivity index (χ1v) is 13.8. The number of phosphoric acid groups is 2. The van der Waals surface area contributed by atoms with Crippen molar-refractivity contribution in [1.82, 2.24) is 9.55 Å². The molecule has 1 aromatic rings. The summed E-state index contributed by atoms with van der Waals surface area (Å²) < 4.78 is 52.4. The molecular formula is C14H21N3O11P3-3.